The molecule has 0 saturated carbocycles. The number of anilines is 1. The first kappa shape index (κ1) is 21.4. The number of rotatable bonds is 4. The van der Waals surface area contributed by atoms with E-state index in [1.54, 1.807) is 18.2 Å². The summed E-state index contributed by atoms with van der Waals surface area (Å²) < 4.78 is 59.4. The number of hydrogen-bond acceptors (Lipinski definition) is 4. The fourth-order valence-corrected chi connectivity index (χ4v) is 2.85. The number of hydrogen-bond donors (Lipinski definition) is 1. The zero-order valence-corrected chi connectivity index (χ0v) is 16.1. The van der Waals surface area contributed by atoms with E-state index in [0.29, 0.717) is 20.8 Å². The van der Waals surface area contributed by atoms with Gasteiger partial charge in [0.25, 0.3) is 5.56 Å². The molecule has 0 bridgehead atoms. The van der Waals surface area contributed by atoms with Gasteiger partial charge in [-0.3, -0.25) is 9.36 Å². The Balaban J connectivity index is 1.92. The molecule has 3 rings (SSSR count). The zero-order valence-electron chi connectivity index (χ0n) is 15.3. The largest absolute Gasteiger partial charge is 0.489 e. The third-order valence-corrected chi connectivity index (χ3v) is 4.58. The van der Waals surface area contributed by atoms with Gasteiger partial charge >= 0.3 is 11.9 Å². The lowest BCUT2D eigenvalue weighted by molar-refractivity contribution is -0.144. The first-order valence-electron chi connectivity index (χ1n) is 8.36. The molecular formula is C19H14ClF4N3O3. The van der Waals surface area contributed by atoms with Crippen LogP contribution in [0.25, 0.3) is 5.69 Å². The average Bonchev–Trinajstić information content (AvgIpc) is 2.66. The van der Waals surface area contributed by atoms with Crippen LogP contribution >= 0.6 is 11.6 Å². The van der Waals surface area contributed by atoms with E-state index in [-0.39, 0.29) is 23.0 Å². The minimum Gasteiger partial charge on any atom is -0.489 e. The summed E-state index contributed by atoms with van der Waals surface area (Å²) in [7, 11) is 0.842. The smallest absolute Gasteiger partial charge is 0.431 e. The average molecular weight is 444 g/mol. The molecule has 0 aliphatic carbocycles. The molecule has 0 atom stereocenters. The number of halogens is 5. The van der Waals surface area contributed by atoms with E-state index >= 15 is 0 Å². The van der Waals surface area contributed by atoms with Crippen LogP contribution < -0.4 is 21.7 Å². The van der Waals surface area contributed by atoms with Crippen LogP contribution in [0.15, 0.2) is 52.1 Å². The third-order valence-electron chi connectivity index (χ3n) is 4.24. The van der Waals surface area contributed by atoms with Crippen molar-refractivity contribution in [2.45, 2.75) is 12.8 Å². The van der Waals surface area contributed by atoms with Gasteiger partial charge < -0.3 is 10.5 Å². The molecule has 11 heteroatoms. The lowest BCUT2D eigenvalue weighted by atomic mass is 10.2. The molecule has 0 aliphatic heterocycles. The van der Waals surface area contributed by atoms with Crippen LogP contribution in [-0.2, 0) is 19.8 Å². The van der Waals surface area contributed by atoms with Crippen LogP contribution in [-0.4, -0.2) is 9.13 Å². The number of nitrogens with two attached hydrogens (primary N) is 1. The van der Waals surface area contributed by atoms with Crippen molar-refractivity contribution in [3.63, 3.8) is 0 Å². The lowest BCUT2D eigenvalue weighted by Crippen LogP contribution is -2.41. The van der Waals surface area contributed by atoms with Crippen LogP contribution in [0, 0.1) is 5.82 Å². The van der Waals surface area contributed by atoms with E-state index in [1.165, 1.54) is 6.07 Å². The van der Waals surface area contributed by atoms with Crippen molar-refractivity contribution < 1.29 is 22.3 Å². The summed E-state index contributed by atoms with van der Waals surface area (Å²) in [6.07, 6.45) is -4.91. The van der Waals surface area contributed by atoms with Crippen molar-refractivity contribution in [1.82, 2.24) is 9.13 Å². The molecule has 158 valence electrons. The maximum atomic E-state index is 14.6. The summed E-state index contributed by atoms with van der Waals surface area (Å²) in [4.78, 5) is 24.4. The van der Waals surface area contributed by atoms with Gasteiger partial charge in [0.2, 0.25) is 0 Å². The van der Waals surface area contributed by atoms with Crippen molar-refractivity contribution in [2.75, 3.05) is 5.73 Å². The Hall–Kier alpha value is -3.27. The molecule has 0 fully saturated rings. The fraction of sp³-hybridized carbons (Fsp3) is 0.158. The SMILES string of the molecule is Cn1c(C(F)(F)F)cc(=O)n(-c2ccc(OCc3ccc(Cl)c(N)c3)cc2F)c1=O. The van der Waals surface area contributed by atoms with E-state index in [0.717, 1.165) is 19.2 Å². The Kier molecular flexibility index (Phi) is 5.62. The van der Waals surface area contributed by atoms with Gasteiger partial charge in [0, 0.05) is 19.2 Å². The maximum Gasteiger partial charge on any atom is 0.431 e. The normalized spacial score (nSPS) is 11.5. The third kappa shape index (κ3) is 4.18. The number of nitrogens with zero attached hydrogens (tertiary/aromatic N) is 2. The van der Waals surface area contributed by atoms with E-state index in [1.807, 2.05) is 0 Å². The first-order chi connectivity index (χ1) is 14.0. The highest BCUT2D eigenvalue weighted by atomic mass is 35.5. The molecule has 2 aromatic carbocycles. The molecule has 0 spiro atoms. The second-order valence-electron chi connectivity index (χ2n) is 6.30. The Morgan fingerprint density at radius 3 is 2.40 bits per heavy atom. The quantitative estimate of drug-likeness (QED) is 0.494. The molecule has 0 amide bonds. The number of ether oxygens (including phenoxy) is 1. The summed E-state index contributed by atoms with van der Waals surface area (Å²) in [6, 6.07) is 8.31. The van der Waals surface area contributed by atoms with Crippen LogP contribution in [0.3, 0.4) is 0 Å². The van der Waals surface area contributed by atoms with Crippen LogP contribution in [0.1, 0.15) is 11.3 Å². The number of nitrogen functional groups attached to an aromatic ring is 1. The van der Waals surface area contributed by atoms with Gasteiger partial charge in [0.05, 0.1) is 16.4 Å². The molecule has 0 aliphatic rings. The van der Waals surface area contributed by atoms with Gasteiger partial charge in [-0.25, -0.2) is 13.8 Å². The minimum absolute atomic E-state index is 0.0299. The molecule has 1 heterocycles. The van der Waals surface area contributed by atoms with Crippen LogP contribution in [0.5, 0.6) is 5.75 Å². The first-order valence-corrected chi connectivity index (χ1v) is 8.73. The minimum atomic E-state index is -4.91. The summed E-state index contributed by atoms with van der Waals surface area (Å²) >= 11 is 5.83. The van der Waals surface area contributed by atoms with Crippen molar-refractivity contribution in [1.29, 1.82) is 0 Å². The van der Waals surface area contributed by atoms with Gasteiger partial charge in [-0.05, 0) is 29.8 Å². The highest BCUT2D eigenvalue weighted by Crippen LogP contribution is 2.27. The standard InChI is InChI=1S/C19H14ClF4N3O3/c1-26-16(19(22,23)24)8-17(28)27(18(26)29)15-5-3-11(7-13(15)21)30-9-10-2-4-12(20)14(25)6-10/h2-8H,9,25H2,1H3. The Labute approximate surface area is 171 Å². The molecule has 2 N–H and O–H groups in total. The maximum absolute atomic E-state index is 14.6. The van der Waals surface area contributed by atoms with Crippen molar-refractivity contribution >= 4 is 17.3 Å². The Morgan fingerprint density at radius 1 is 1.10 bits per heavy atom. The summed E-state index contributed by atoms with van der Waals surface area (Å²) in [5, 5.41) is 0.373. The monoisotopic (exact) mass is 443 g/mol. The van der Waals surface area contributed by atoms with Gasteiger partial charge in [-0.15, -0.1) is 0 Å². The fourth-order valence-electron chi connectivity index (χ4n) is 2.73. The highest BCUT2D eigenvalue weighted by Gasteiger charge is 2.35. The second kappa shape index (κ2) is 7.86. The zero-order chi connectivity index (χ0) is 22.2. The van der Waals surface area contributed by atoms with Gasteiger partial charge in [0.15, 0.2) is 5.82 Å². The Morgan fingerprint density at radius 2 is 1.80 bits per heavy atom. The molecule has 0 radical (unpaired) electrons. The second-order valence-corrected chi connectivity index (χ2v) is 6.71. The van der Waals surface area contributed by atoms with Gasteiger partial charge in [-0.1, -0.05) is 17.7 Å². The van der Waals surface area contributed by atoms with Gasteiger partial charge in [-0.2, -0.15) is 13.2 Å². The van der Waals surface area contributed by atoms with E-state index in [2.05, 4.69) is 0 Å². The summed E-state index contributed by atoms with van der Waals surface area (Å²) in [6.45, 7) is 0.0299. The van der Waals surface area contributed by atoms with E-state index in [9.17, 15) is 27.2 Å². The molecular weight excluding hydrogens is 430 g/mol. The van der Waals surface area contributed by atoms with Crippen molar-refractivity contribution in [2.24, 2.45) is 7.05 Å². The van der Waals surface area contributed by atoms with E-state index in [4.69, 9.17) is 22.1 Å². The molecule has 30 heavy (non-hydrogen) atoms. The Bertz CT molecular complexity index is 1240. The van der Waals surface area contributed by atoms with Gasteiger partial charge in [0.1, 0.15) is 18.1 Å². The highest BCUT2D eigenvalue weighted by molar-refractivity contribution is 6.33. The number of aromatic nitrogens is 2. The summed E-state index contributed by atoms with van der Waals surface area (Å²) in [5.41, 5.74) is 2.12. The van der Waals surface area contributed by atoms with Crippen molar-refractivity contribution in [3.8, 4) is 11.4 Å². The van der Waals surface area contributed by atoms with Crippen LogP contribution in [0.2, 0.25) is 5.02 Å². The molecule has 1 aromatic heterocycles. The lowest BCUT2D eigenvalue weighted by Gasteiger charge is -2.14. The number of alkyl halides is 3. The van der Waals surface area contributed by atoms with Crippen molar-refractivity contribution in [3.05, 3.63) is 85.4 Å². The molecule has 0 unspecified atom stereocenters. The predicted molar refractivity (Wildman–Crippen MR) is 102 cm³/mol. The predicted octanol–water partition coefficient (Wildman–Crippen LogP) is 3.51. The summed E-state index contributed by atoms with van der Waals surface area (Å²) in [5.74, 6) is -0.955. The topological polar surface area (TPSA) is 79.2 Å². The van der Waals surface area contributed by atoms with Crippen LogP contribution in [0.4, 0.5) is 23.2 Å². The molecule has 0 saturated heterocycles. The molecule has 6 nitrogen and oxygen atoms in total. The van der Waals surface area contributed by atoms with E-state index < -0.39 is 34.6 Å². The molecule has 3 aromatic rings. The number of benzene rings is 2.